The number of carbonyl (C=O) groups excluding carboxylic acids is 1. The van der Waals surface area contributed by atoms with Crippen molar-refractivity contribution in [3.05, 3.63) is 40.3 Å². The van der Waals surface area contributed by atoms with Crippen LogP contribution in [0.25, 0.3) is 6.08 Å². The first-order valence-corrected chi connectivity index (χ1v) is 6.74. The third-order valence-corrected chi connectivity index (χ3v) is 4.02. The van der Waals surface area contributed by atoms with Crippen molar-refractivity contribution in [3.8, 4) is 0 Å². The van der Waals surface area contributed by atoms with Crippen LogP contribution in [0.3, 0.4) is 0 Å². The molecule has 4 nitrogen and oxygen atoms in total. The van der Waals surface area contributed by atoms with Crippen molar-refractivity contribution in [1.29, 1.82) is 0 Å². The van der Waals surface area contributed by atoms with Gasteiger partial charge in [0, 0.05) is 0 Å². The molecule has 0 radical (unpaired) electrons. The topological polar surface area (TPSA) is 57.6 Å². The van der Waals surface area contributed by atoms with Crippen LogP contribution in [0.2, 0.25) is 0 Å². The van der Waals surface area contributed by atoms with E-state index >= 15 is 0 Å². The van der Waals surface area contributed by atoms with Crippen molar-refractivity contribution in [2.24, 2.45) is 0 Å². The Morgan fingerprint density at radius 1 is 1.47 bits per heavy atom. The van der Waals surface area contributed by atoms with Crippen LogP contribution in [0.15, 0.2) is 29.2 Å². The number of benzene rings is 1. The van der Waals surface area contributed by atoms with E-state index in [9.17, 15) is 9.59 Å². The summed E-state index contributed by atoms with van der Waals surface area (Å²) in [6.07, 6.45) is 1.75. The predicted molar refractivity (Wildman–Crippen MR) is 78.7 cm³/mol. The van der Waals surface area contributed by atoms with Gasteiger partial charge in [0.1, 0.15) is 10.9 Å². The molecule has 6 heteroatoms. The van der Waals surface area contributed by atoms with E-state index in [2.05, 4.69) is 0 Å². The summed E-state index contributed by atoms with van der Waals surface area (Å²) in [6, 6.07) is 7.65. The minimum absolute atomic E-state index is 0.284. The van der Waals surface area contributed by atoms with Crippen LogP contribution in [0.5, 0.6) is 0 Å². The summed E-state index contributed by atoms with van der Waals surface area (Å²) in [4.78, 5) is 24.3. The first kappa shape index (κ1) is 13.8. The lowest BCUT2D eigenvalue weighted by atomic mass is 10.1. The molecule has 0 atom stereocenters. The molecule has 1 fully saturated rings. The first-order valence-electron chi connectivity index (χ1n) is 5.52. The number of aryl methyl sites for hydroxylation is 1. The van der Waals surface area contributed by atoms with Gasteiger partial charge in [0.2, 0.25) is 0 Å². The Morgan fingerprint density at radius 2 is 2.16 bits per heavy atom. The van der Waals surface area contributed by atoms with Gasteiger partial charge in [-0.3, -0.25) is 14.5 Å². The van der Waals surface area contributed by atoms with Crippen LogP contribution >= 0.6 is 24.0 Å². The third kappa shape index (κ3) is 3.02. The van der Waals surface area contributed by atoms with Crippen molar-refractivity contribution in [1.82, 2.24) is 4.90 Å². The highest BCUT2D eigenvalue weighted by molar-refractivity contribution is 8.26. The van der Waals surface area contributed by atoms with E-state index in [-0.39, 0.29) is 10.2 Å². The molecule has 1 heterocycles. The van der Waals surface area contributed by atoms with Crippen molar-refractivity contribution in [2.75, 3.05) is 6.54 Å². The average molecular weight is 293 g/mol. The van der Waals surface area contributed by atoms with E-state index in [4.69, 9.17) is 17.3 Å². The van der Waals surface area contributed by atoms with E-state index in [0.29, 0.717) is 4.91 Å². The van der Waals surface area contributed by atoms with Crippen LogP contribution in [0.4, 0.5) is 0 Å². The standard InChI is InChI=1S/C13H11NO3S2/c1-8-4-2-3-5-9(8)6-10-12(17)14(7-11(15)16)13(18)19-10/h2-6H,7H2,1H3,(H,15,16)/b10-6-. The maximum Gasteiger partial charge on any atom is 0.323 e. The highest BCUT2D eigenvalue weighted by atomic mass is 32.2. The fourth-order valence-electron chi connectivity index (χ4n) is 1.66. The number of hydrogen-bond acceptors (Lipinski definition) is 4. The Hall–Kier alpha value is -1.66. The van der Waals surface area contributed by atoms with Gasteiger partial charge in [-0.05, 0) is 24.1 Å². The molecule has 0 spiro atoms. The second-order valence-electron chi connectivity index (χ2n) is 4.02. The molecule has 1 aliphatic rings. The molecule has 1 saturated heterocycles. The third-order valence-electron chi connectivity index (χ3n) is 2.64. The lowest BCUT2D eigenvalue weighted by Gasteiger charge is -2.10. The summed E-state index contributed by atoms with van der Waals surface area (Å²) < 4.78 is 0.284. The Labute approximate surface area is 120 Å². The van der Waals surface area contributed by atoms with Gasteiger partial charge in [-0.1, -0.05) is 48.2 Å². The van der Waals surface area contributed by atoms with Crippen LogP contribution in [0, 0.1) is 6.92 Å². The zero-order valence-electron chi connectivity index (χ0n) is 10.1. The van der Waals surface area contributed by atoms with Crippen molar-refractivity contribution < 1.29 is 14.7 Å². The van der Waals surface area contributed by atoms with Crippen LogP contribution in [-0.2, 0) is 9.59 Å². The van der Waals surface area contributed by atoms with Gasteiger partial charge in [-0.15, -0.1) is 0 Å². The summed E-state index contributed by atoms with van der Waals surface area (Å²) in [5.41, 5.74) is 1.98. The van der Waals surface area contributed by atoms with Crippen molar-refractivity contribution >= 4 is 46.3 Å². The quantitative estimate of drug-likeness (QED) is 0.684. The number of carboxylic acid groups (broad SMARTS) is 1. The maximum atomic E-state index is 12.1. The highest BCUT2D eigenvalue weighted by Gasteiger charge is 2.33. The summed E-state index contributed by atoms with van der Waals surface area (Å²) in [6.45, 7) is 1.56. The molecular weight excluding hydrogens is 282 g/mol. The number of amides is 1. The van der Waals surface area contributed by atoms with E-state index in [1.54, 1.807) is 6.08 Å². The zero-order chi connectivity index (χ0) is 14.0. The minimum atomic E-state index is -1.08. The van der Waals surface area contributed by atoms with Crippen molar-refractivity contribution in [2.45, 2.75) is 6.92 Å². The van der Waals surface area contributed by atoms with Crippen LogP contribution in [-0.4, -0.2) is 32.7 Å². The van der Waals surface area contributed by atoms with Gasteiger partial charge < -0.3 is 5.11 Å². The fraction of sp³-hybridized carbons (Fsp3) is 0.154. The maximum absolute atomic E-state index is 12.1. The minimum Gasteiger partial charge on any atom is -0.480 e. The molecule has 1 N–H and O–H groups in total. The average Bonchev–Trinajstić information content (AvgIpc) is 2.60. The monoisotopic (exact) mass is 293 g/mol. The number of rotatable bonds is 3. The molecule has 1 aliphatic heterocycles. The van der Waals surface area contributed by atoms with E-state index in [0.717, 1.165) is 27.8 Å². The molecule has 98 valence electrons. The fourth-order valence-corrected chi connectivity index (χ4v) is 2.91. The molecule has 19 heavy (non-hydrogen) atoms. The molecule has 0 aliphatic carbocycles. The Bertz CT molecular complexity index is 595. The van der Waals surface area contributed by atoms with Gasteiger partial charge in [-0.25, -0.2) is 0 Å². The number of thioether (sulfide) groups is 1. The Balaban J connectivity index is 2.28. The molecule has 1 aromatic carbocycles. The molecule has 0 saturated carbocycles. The van der Waals surface area contributed by atoms with Gasteiger partial charge >= 0.3 is 5.97 Å². The number of carbonyl (C=O) groups is 2. The van der Waals surface area contributed by atoms with Gasteiger partial charge in [0.25, 0.3) is 5.91 Å². The predicted octanol–water partition coefficient (Wildman–Crippen LogP) is 2.28. The summed E-state index contributed by atoms with van der Waals surface area (Å²) >= 11 is 6.16. The second-order valence-corrected chi connectivity index (χ2v) is 5.69. The molecule has 0 bridgehead atoms. The summed E-state index contributed by atoms with van der Waals surface area (Å²) in [7, 11) is 0. The van der Waals surface area contributed by atoms with Gasteiger partial charge in [-0.2, -0.15) is 0 Å². The number of hydrogen-bond donors (Lipinski definition) is 1. The van der Waals surface area contributed by atoms with E-state index in [1.807, 2.05) is 31.2 Å². The number of aliphatic carboxylic acids is 1. The molecule has 0 aromatic heterocycles. The van der Waals surface area contributed by atoms with Gasteiger partial charge in [0.05, 0.1) is 4.91 Å². The molecule has 2 rings (SSSR count). The molecular formula is C13H11NO3S2. The molecule has 1 amide bonds. The largest absolute Gasteiger partial charge is 0.480 e. The SMILES string of the molecule is Cc1ccccc1/C=C1\SC(=S)N(CC(=O)O)C1=O. The lowest BCUT2D eigenvalue weighted by Crippen LogP contribution is -2.33. The van der Waals surface area contributed by atoms with E-state index in [1.165, 1.54) is 0 Å². The summed E-state index contributed by atoms with van der Waals surface area (Å²) in [5.74, 6) is -1.42. The summed E-state index contributed by atoms with van der Waals surface area (Å²) in [5, 5.41) is 8.75. The Kier molecular flexibility index (Phi) is 4.01. The van der Waals surface area contributed by atoms with E-state index < -0.39 is 12.5 Å². The molecule has 0 unspecified atom stereocenters. The number of thiocarbonyl (C=S) groups is 1. The number of nitrogens with zero attached hydrogens (tertiary/aromatic N) is 1. The van der Waals surface area contributed by atoms with Crippen LogP contribution in [0.1, 0.15) is 11.1 Å². The first-order chi connectivity index (χ1) is 8.99. The second kappa shape index (κ2) is 5.54. The van der Waals surface area contributed by atoms with Gasteiger partial charge in [0.15, 0.2) is 0 Å². The Morgan fingerprint density at radius 3 is 2.79 bits per heavy atom. The highest BCUT2D eigenvalue weighted by Crippen LogP contribution is 2.32. The molecule has 1 aromatic rings. The lowest BCUT2D eigenvalue weighted by molar-refractivity contribution is -0.140. The van der Waals surface area contributed by atoms with Crippen LogP contribution < -0.4 is 0 Å². The van der Waals surface area contributed by atoms with Crippen molar-refractivity contribution in [3.63, 3.8) is 0 Å². The number of carboxylic acids is 1. The normalized spacial score (nSPS) is 17.3. The smallest absolute Gasteiger partial charge is 0.323 e. The zero-order valence-corrected chi connectivity index (χ0v) is 11.8.